The molecule has 2 rings (SSSR count). The van der Waals surface area contributed by atoms with Gasteiger partial charge in [-0.05, 0) is 62.7 Å². The molecule has 0 spiro atoms. The lowest BCUT2D eigenvalue weighted by molar-refractivity contribution is 0.0526. The predicted octanol–water partition coefficient (Wildman–Crippen LogP) is 4.82. The second-order valence-corrected chi connectivity index (χ2v) is 6.75. The number of thiocarbonyl (C=S) groups is 1. The molecule has 0 heterocycles. The highest BCUT2D eigenvalue weighted by Gasteiger charge is 2.13. The zero-order chi connectivity index (χ0) is 18.9. The van der Waals surface area contributed by atoms with E-state index < -0.39 is 5.97 Å². The molecule has 2 aromatic rings. The van der Waals surface area contributed by atoms with Gasteiger partial charge in [-0.2, -0.15) is 0 Å². The van der Waals surface area contributed by atoms with Gasteiger partial charge >= 0.3 is 5.97 Å². The molecule has 0 saturated heterocycles. The smallest absolute Gasteiger partial charge is 0.339 e. The quantitative estimate of drug-likeness (QED) is 0.524. The van der Waals surface area contributed by atoms with Crippen LogP contribution in [0.4, 0.5) is 5.69 Å². The summed E-state index contributed by atoms with van der Waals surface area (Å²) in [7, 11) is 0. The first-order chi connectivity index (χ1) is 12.5. The minimum absolute atomic E-state index is 0.215. The van der Waals surface area contributed by atoms with E-state index in [1.165, 1.54) is 5.56 Å². The fourth-order valence-corrected chi connectivity index (χ4v) is 2.97. The van der Waals surface area contributed by atoms with E-state index in [1.54, 1.807) is 25.1 Å². The number of hydrogen-bond acceptors (Lipinski definition) is 3. The monoisotopic (exact) mass is 390 g/mol. The Morgan fingerprint density at radius 2 is 1.96 bits per heavy atom. The van der Waals surface area contributed by atoms with Gasteiger partial charge in [0.2, 0.25) is 0 Å². The Bertz CT molecular complexity index is 753. The van der Waals surface area contributed by atoms with Gasteiger partial charge in [0.05, 0.1) is 17.2 Å². The maximum atomic E-state index is 11.9. The second kappa shape index (κ2) is 10.1. The third-order valence-electron chi connectivity index (χ3n) is 3.81. The van der Waals surface area contributed by atoms with Crippen molar-refractivity contribution < 1.29 is 9.53 Å². The zero-order valence-electron chi connectivity index (χ0n) is 14.9. The van der Waals surface area contributed by atoms with Crippen LogP contribution in [0.3, 0.4) is 0 Å². The summed E-state index contributed by atoms with van der Waals surface area (Å²) in [5, 5.41) is 7.20. The molecule has 0 radical (unpaired) electrons. The zero-order valence-corrected chi connectivity index (χ0v) is 16.5. The van der Waals surface area contributed by atoms with Gasteiger partial charge in [-0.15, -0.1) is 0 Å². The van der Waals surface area contributed by atoms with Gasteiger partial charge in [0.1, 0.15) is 0 Å². The van der Waals surface area contributed by atoms with Crippen LogP contribution in [0.2, 0.25) is 5.02 Å². The second-order valence-electron chi connectivity index (χ2n) is 5.94. The number of nitrogens with one attached hydrogen (secondary N) is 2. The number of halogens is 1. The first-order valence-electron chi connectivity index (χ1n) is 8.57. The van der Waals surface area contributed by atoms with E-state index in [0.29, 0.717) is 28.0 Å². The molecular weight excluding hydrogens is 368 g/mol. The van der Waals surface area contributed by atoms with Crippen LogP contribution in [0.5, 0.6) is 0 Å². The van der Waals surface area contributed by atoms with Crippen LogP contribution in [0.15, 0.2) is 48.5 Å². The van der Waals surface area contributed by atoms with Gasteiger partial charge in [-0.1, -0.05) is 41.9 Å². The van der Waals surface area contributed by atoms with Crippen molar-refractivity contribution in [1.82, 2.24) is 5.32 Å². The molecular formula is C20H23ClN2O2S. The molecule has 4 nitrogen and oxygen atoms in total. The number of carbonyl (C=O) groups excluding carboxylic acids is 1. The van der Waals surface area contributed by atoms with Gasteiger partial charge in [-0.3, -0.25) is 0 Å². The van der Waals surface area contributed by atoms with E-state index in [2.05, 4.69) is 29.7 Å². The number of hydrogen-bond donors (Lipinski definition) is 2. The predicted molar refractivity (Wildman–Crippen MR) is 111 cm³/mol. The maximum absolute atomic E-state index is 11.9. The van der Waals surface area contributed by atoms with Crippen LogP contribution in [-0.2, 0) is 11.2 Å². The molecule has 2 aromatic carbocycles. The molecule has 1 atom stereocenters. The van der Waals surface area contributed by atoms with Gasteiger partial charge < -0.3 is 15.4 Å². The number of ether oxygens (including phenoxy) is 1. The molecule has 0 aliphatic heterocycles. The number of aryl methyl sites for hydroxylation is 1. The Hall–Kier alpha value is -2.11. The Kier molecular flexibility index (Phi) is 7.88. The maximum Gasteiger partial charge on any atom is 0.339 e. The summed E-state index contributed by atoms with van der Waals surface area (Å²) in [6.07, 6.45) is 1.94. The number of rotatable bonds is 7. The van der Waals surface area contributed by atoms with Crippen LogP contribution in [0.1, 0.15) is 36.2 Å². The van der Waals surface area contributed by atoms with Crippen LogP contribution < -0.4 is 10.6 Å². The standard InChI is InChI=1S/C20H23ClN2O2S/c1-3-25-19(24)17-13-16(11-12-18(17)21)23-20(26)22-14(2)9-10-15-7-5-4-6-8-15/h4-8,11-14H,3,9-10H2,1-2H3,(H2,22,23,26)/t14-/m0/s1. The van der Waals surface area contributed by atoms with E-state index in [9.17, 15) is 4.79 Å². The van der Waals surface area contributed by atoms with E-state index >= 15 is 0 Å². The minimum Gasteiger partial charge on any atom is -0.462 e. The summed E-state index contributed by atoms with van der Waals surface area (Å²) < 4.78 is 5.01. The first kappa shape index (κ1) is 20.2. The van der Waals surface area contributed by atoms with Crippen molar-refractivity contribution in [1.29, 1.82) is 0 Å². The van der Waals surface area contributed by atoms with Gasteiger partial charge in [0.15, 0.2) is 5.11 Å². The molecule has 0 amide bonds. The van der Waals surface area contributed by atoms with Gasteiger partial charge in [0.25, 0.3) is 0 Å². The summed E-state index contributed by atoms with van der Waals surface area (Å²) in [5.41, 5.74) is 2.31. The molecule has 0 bridgehead atoms. The molecule has 0 unspecified atom stereocenters. The van der Waals surface area contributed by atoms with Crippen molar-refractivity contribution in [3.05, 3.63) is 64.7 Å². The van der Waals surface area contributed by atoms with Crippen LogP contribution in [-0.4, -0.2) is 23.7 Å². The summed E-state index contributed by atoms with van der Waals surface area (Å²) in [6.45, 7) is 4.14. The number of carbonyl (C=O) groups is 1. The third kappa shape index (κ3) is 6.32. The van der Waals surface area contributed by atoms with Crippen molar-refractivity contribution >= 4 is 40.6 Å². The fourth-order valence-electron chi connectivity index (χ4n) is 2.46. The largest absolute Gasteiger partial charge is 0.462 e. The third-order valence-corrected chi connectivity index (χ3v) is 4.36. The van der Waals surface area contributed by atoms with Gasteiger partial charge in [-0.25, -0.2) is 4.79 Å². The van der Waals surface area contributed by atoms with Gasteiger partial charge in [0, 0.05) is 11.7 Å². The van der Waals surface area contributed by atoms with Crippen molar-refractivity contribution in [3.8, 4) is 0 Å². The molecule has 2 N–H and O–H groups in total. The van der Waals surface area contributed by atoms with Crippen molar-refractivity contribution in [2.24, 2.45) is 0 Å². The SMILES string of the molecule is CCOC(=O)c1cc(NC(=S)N[C@@H](C)CCc2ccccc2)ccc1Cl. The van der Waals surface area contributed by atoms with E-state index in [1.807, 2.05) is 18.2 Å². The molecule has 0 fully saturated rings. The number of benzene rings is 2. The van der Waals surface area contributed by atoms with Crippen LogP contribution in [0, 0.1) is 0 Å². The highest BCUT2D eigenvalue weighted by atomic mass is 35.5. The van der Waals surface area contributed by atoms with Crippen LogP contribution >= 0.6 is 23.8 Å². The lowest BCUT2D eigenvalue weighted by Gasteiger charge is -2.17. The lowest BCUT2D eigenvalue weighted by Crippen LogP contribution is -2.36. The average molecular weight is 391 g/mol. The van der Waals surface area contributed by atoms with Crippen molar-refractivity contribution in [2.75, 3.05) is 11.9 Å². The molecule has 0 saturated carbocycles. The summed E-state index contributed by atoms with van der Waals surface area (Å²) in [4.78, 5) is 11.9. The highest BCUT2D eigenvalue weighted by Crippen LogP contribution is 2.21. The van der Waals surface area contributed by atoms with Crippen molar-refractivity contribution in [3.63, 3.8) is 0 Å². The number of anilines is 1. The van der Waals surface area contributed by atoms with Crippen LogP contribution in [0.25, 0.3) is 0 Å². The Balaban J connectivity index is 1.88. The van der Waals surface area contributed by atoms with Crippen molar-refractivity contribution in [2.45, 2.75) is 32.7 Å². The molecule has 0 aliphatic rings. The molecule has 26 heavy (non-hydrogen) atoms. The summed E-state index contributed by atoms with van der Waals surface area (Å²) in [6, 6.07) is 15.6. The summed E-state index contributed by atoms with van der Waals surface area (Å²) >= 11 is 11.4. The Morgan fingerprint density at radius 1 is 1.23 bits per heavy atom. The first-order valence-corrected chi connectivity index (χ1v) is 9.36. The average Bonchev–Trinajstić information content (AvgIpc) is 2.62. The molecule has 0 aliphatic carbocycles. The lowest BCUT2D eigenvalue weighted by atomic mass is 10.1. The van der Waals surface area contributed by atoms with E-state index in [0.717, 1.165) is 12.8 Å². The van der Waals surface area contributed by atoms with E-state index in [-0.39, 0.29) is 6.04 Å². The fraction of sp³-hybridized carbons (Fsp3) is 0.300. The molecule has 138 valence electrons. The Morgan fingerprint density at radius 3 is 2.65 bits per heavy atom. The summed E-state index contributed by atoms with van der Waals surface area (Å²) in [5.74, 6) is -0.448. The highest BCUT2D eigenvalue weighted by molar-refractivity contribution is 7.80. The molecule has 0 aromatic heterocycles. The Labute approximate surface area is 164 Å². The minimum atomic E-state index is -0.448. The molecule has 6 heteroatoms. The topological polar surface area (TPSA) is 50.4 Å². The number of esters is 1. The normalized spacial score (nSPS) is 11.5. The van der Waals surface area contributed by atoms with E-state index in [4.69, 9.17) is 28.6 Å².